The third-order valence-electron chi connectivity index (χ3n) is 4.92. The third-order valence-corrected chi connectivity index (χ3v) is 4.92. The van der Waals surface area contributed by atoms with Crippen LogP contribution in [0.2, 0.25) is 0 Å². The van der Waals surface area contributed by atoms with Gasteiger partial charge in [-0.2, -0.15) is 0 Å². The van der Waals surface area contributed by atoms with E-state index in [-0.39, 0.29) is 5.91 Å². The van der Waals surface area contributed by atoms with Crippen LogP contribution in [0.15, 0.2) is 24.3 Å². The van der Waals surface area contributed by atoms with E-state index in [2.05, 4.69) is 50.0 Å². The van der Waals surface area contributed by atoms with Crippen LogP contribution in [0.5, 0.6) is 0 Å². The summed E-state index contributed by atoms with van der Waals surface area (Å²) in [4.78, 5) is 21.8. The molecule has 2 atom stereocenters. The number of benzene rings is 1. The highest BCUT2D eigenvalue weighted by atomic mass is 16.2. The Hall–Kier alpha value is -1.94. The molecule has 3 rings (SSSR count). The highest BCUT2D eigenvalue weighted by molar-refractivity contribution is 5.98. The van der Waals surface area contributed by atoms with Crippen molar-refractivity contribution in [2.45, 2.75) is 26.8 Å². The molecule has 0 saturated carbocycles. The van der Waals surface area contributed by atoms with Crippen molar-refractivity contribution in [3.05, 3.63) is 41.1 Å². The summed E-state index contributed by atoms with van der Waals surface area (Å²) in [6.45, 7) is 7.80. The first-order chi connectivity index (χ1) is 10.9. The zero-order chi connectivity index (χ0) is 16.7. The van der Waals surface area contributed by atoms with Crippen molar-refractivity contribution in [1.29, 1.82) is 0 Å². The lowest BCUT2D eigenvalue weighted by molar-refractivity contribution is 0.0780. The number of pyridine rings is 1. The van der Waals surface area contributed by atoms with Crippen LogP contribution >= 0.6 is 0 Å². The van der Waals surface area contributed by atoms with Crippen molar-refractivity contribution in [3.63, 3.8) is 0 Å². The van der Waals surface area contributed by atoms with Crippen LogP contribution < -0.4 is 0 Å². The van der Waals surface area contributed by atoms with E-state index in [4.69, 9.17) is 0 Å². The molecule has 2 aromatic rings. The number of amides is 1. The Labute approximate surface area is 138 Å². The number of carbonyl (C=O) groups is 1. The molecule has 1 saturated heterocycles. The lowest BCUT2D eigenvalue weighted by Gasteiger charge is -2.22. The topological polar surface area (TPSA) is 36.4 Å². The SMILES string of the molecule is Cc1ccc2cc(C(=O)N3C[C@@H](C)[C@H](N(C)C)C3)c(C)nc2c1. The maximum absolute atomic E-state index is 13.0. The highest BCUT2D eigenvalue weighted by Gasteiger charge is 2.34. The molecule has 0 radical (unpaired) electrons. The molecule has 4 nitrogen and oxygen atoms in total. The van der Waals surface area contributed by atoms with Crippen LogP contribution in [0.25, 0.3) is 10.9 Å². The minimum Gasteiger partial charge on any atom is -0.337 e. The van der Waals surface area contributed by atoms with E-state index < -0.39 is 0 Å². The minimum absolute atomic E-state index is 0.105. The average molecular weight is 311 g/mol. The van der Waals surface area contributed by atoms with Crippen LogP contribution in [0.4, 0.5) is 0 Å². The molecule has 1 aliphatic heterocycles. The zero-order valence-corrected chi connectivity index (χ0v) is 14.6. The van der Waals surface area contributed by atoms with Gasteiger partial charge in [0.2, 0.25) is 0 Å². The van der Waals surface area contributed by atoms with Gasteiger partial charge < -0.3 is 9.80 Å². The molecule has 0 bridgehead atoms. The molecule has 0 aliphatic carbocycles. The highest BCUT2D eigenvalue weighted by Crippen LogP contribution is 2.24. The van der Waals surface area contributed by atoms with Crippen molar-refractivity contribution in [1.82, 2.24) is 14.8 Å². The quantitative estimate of drug-likeness (QED) is 0.855. The van der Waals surface area contributed by atoms with E-state index in [1.54, 1.807) is 0 Å². The monoisotopic (exact) mass is 311 g/mol. The summed E-state index contributed by atoms with van der Waals surface area (Å²) in [7, 11) is 4.17. The number of nitrogens with zero attached hydrogens (tertiary/aromatic N) is 3. The minimum atomic E-state index is 0.105. The molecule has 4 heteroatoms. The van der Waals surface area contributed by atoms with Crippen molar-refractivity contribution < 1.29 is 4.79 Å². The summed E-state index contributed by atoms with van der Waals surface area (Å²) in [6, 6.07) is 8.59. The summed E-state index contributed by atoms with van der Waals surface area (Å²) in [6.07, 6.45) is 0. The second-order valence-electron chi connectivity index (χ2n) is 7.04. The Balaban J connectivity index is 1.92. The van der Waals surface area contributed by atoms with Gasteiger partial charge in [-0.15, -0.1) is 0 Å². The van der Waals surface area contributed by atoms with E-state index in [0.29, 0.717) is 12.0 Å². The first kappa shape index (κ1) is 15.9. The molecular weight excluding hydrogens is 286 g/mol. The van der Waals surface area contributed by atoms with Gasteiger partial charge in [-0.25, -0.2) is 0 Å². The second-order valence-corrected chi connectivity index (χ2v) is 7.04. The van der Waals surface area contributed by atoms with Crippen LogP contribution in [0.1, 0.15) is 28.5 Å². The van der Waals surface area contributed by atoms with Gasteiger partial charge in [0.1, 0.15) is 0 Å². The fraction of sp³-hybridized carbons (Fsp3) is 0.474. The van der Waals surface area contributed by atoms with Gasteiger partial charge >= 0.3 is 0 Å². The van der Waals surface area contributed by atoms with Crippen LogP contribution in [0, 0.1) is 19.8 Å². The fourth-order valence-corrected chi connectivity index (χ4v) is 3.55. The summed E-state index contributed by atoms with van der Waals surface area (Å²) in [5.74, 6) is 0.596. The molecule has 2 heterocycles. The molecule has 1 aromatic carbocycles. The predicted octanol–water partition coefficient (Wildman–Crippen LogP) is 2.87. The second kappa shape index (κ2) is 5.93. The average Bonchev–Trinajstić information content (AvgIpc) is 2.88. The summed E-state index contributed by atoms with van der Waals surface area (Å²) in [5.41, 5.74) is 3.69. The molecule has 0 N–H and O–H groups in total. The van der Waals surface area contributed by atoms with Gasteiger partial charge in [-0.05, 0) is 51.6 Å². The summed E-state index contributed by atoms with van der Waals surface area (Å²) >= 11 is 0. The van der Waals surface area contributed by atoms with Gasteiger partial charge in [-0.3, -0.25) is 9.78 Å². The number of hydrogen-bond donors (Lipinski definition) is 0. The molecule has 1 amide bonds. The van der Waals surface area contributed by atoms with Crippen LogP contribution in [-0.2, 0) is 0 Å². The molecule has 122 valence electrons. The lowest BCUT2D eigenvalue weighted by Crippen LogP contribution is -2.36. The number of likely N-dealkylation sites (N-methyl/N-ethyl adjacent to an activating group) is 1. The Kier molecular flexibility index (Phi) is 4.11. The van der Waals surface area contributed by atoms with E-state index in [0.717, 1.165) is 35.2 Å². The normalized spacial score (nSPS) is 21.4. The van der Waals surface area contributed by atoms with Crippen LogP contribution in [-0.4, -0.2) is 53.9 Å². The first-order valence-electron chi connectivity index (χ1n) is 8.20. The van der Waals surface area contributed by atoms with E-state index in [1.165, 1.54) is 5.56 Å². The van der Waals surface area contributed by atoms with Gasteiger partial charge in [0.05, 0.1) is 16.8 Å². The van der Waals surface area contributed by atoms with E-state index >= 15 is 0 Å². The molecule has 0 spiro atoms. The molecule has 1 fully saturated rings. The smallest absolute Gasteiger partial charge is 0.255 e. The van der Waals surface area contributed by atoms with Crippen LogP contribution in [0.3, 0.4) is 0 Å². The van der Waals surface area contributed by atoms with Crippen molar-refractivity contribution >= 4 is 16.8 Å². The molecular formula is C19H25N3O. The number of hydrogen-bond acceptors (Lipinski definition) is 3. The van der Waals surface area contributed by atoms with Gasteiger partial charge in [0.25, 0.3) is 5.91 Å². The Morgan fingerprint density at radius 2 is 1.96 bits per heavy atom. The Morgan fingerprint density at radius 1 is 1.22 bits per heavy atom. The molecule has 23 heavy (non-hydrogen) atoms. The van der Waals surface area contributed by atoms with E-state index in [1.807, 2.05) is 24.0 Å². The number of fused-ring (bicyclic) bond motifs is 1. The number of aromatic nitrogens is 1. The standard InChI is InChI=1S/C19H25N3O/c1-12-6-7-15-9-16(14(3)20-17(15)8-12)19(23)22-10-13(2)18(11-22)21(4)5/h6-9,13,18H,10-11H2,1-5H3/t13-,18-/m1/s1. The first-order valence-corrected chi connectivity index (χ1v) is 8.20. The van der Waals surface area contributed by atoms with Crippen molar-refractivity contribution in [2.24, 2.45) is 5.92 Å². The molecule has 0 unspecified atom stereocenters. The van der Waals surface area contributed by atoms with Gasteiger partial charge in [0, 0.05) is 24.5 Å². The van der Waals surface area contributed by atoms with Gasteiger partial charge in [-0.1, -0.05) is 19.1 Å². The Bertz CT molecular complexity index is 754. The van der Waals surface area contributed by atoms with Crippen molar-refractivity contribution in [3.8, 4) is 0 Å². The Morgan fingerprint density at radius 3 is 2.61 bits per heavy atom. The largest absolute Gasteiger partial charge is 0.337 e. The van der Waals surface area contributed by atoms with Gasteiger partial charge in [0.15, 0.2) is 0 Å². The number of carbonyl (C=O) groups excluding carboxylic acids is 1. The number of rotatable bonds is 2. The number of aryl methyl sites for hydroxylation is 2. The third kappa shape index (κ3) is 2.95. The summed E-state index contributed by atoms with van der Waals surface area (Å²) < 4.78 is 0. The molecule has 1 aliphatic rings. The maximum atomic E-state index is 13.0. The predicted molar refractivity (Wildman–Crippen MR) is 93.8 cm³/mol. The zero-order valence-electron chi connectivity index (χ0n) is 14.6. The van der Waals surface area contributed by atoms with E-state index in [9.17, 15) is 4.79 Å². The lowest BCUT2D eigenvalue weighted by atomic mass is 10.1. The number of likely N-dealkylation sites (tertiary alicyclic amines) is 1. The van der Waals surface area contributed by atoms with Crippen molar-refractivity contribution in [2.75, 3.05) is 27.2 Å². The maximum Gasteiger partial charge on any atom is 0.255 e. The summed E-state index contributed by atoms with van der Waals surface area (Å²) in [5, 5.41) is 1.03. The fourth-order valence-electron chi connectivity index (χ4n) is 3.55. The molecule has 1 aromatic heterocycles.